The molecule has 3 N–H and O–H groups in total. The minimum atomic E-state index is -3.31. The molecular weight excluding hydrogens is 291 g/mol. The number of nitrogens with one attached hydrogen (secondary N) is 1. The maximum absolute atomic E-state index is 13.4. The molecule has 0 aromatic heterocycles. The number of rotatable bonds is 5. The Hall–Kier alpha value is -0.690. The van der Waals surface area contributed by atoms with E-state index >= 15 is 0 Å². The van der Waals surface area contributed by atoms with Crippen molar-refractivity contribution in [3.63, 3.8) is 0 Å². The normalized spacial score (nSPS) is 14.4. The summed E-state index contributed by atoms with van der Waals surface area (Å²) in [6.45, 7) is 3.16. The smallest absolute Gasteiger partial charge is 0.154 e. The van der Waals surface area contributed by atoms with Crippen molar-refractivity contribution in [1.29, 1.82) is 0 Å². The fourth-order valence-corrected chi connectivity index (χ4v) is 2.45. The molecule has 0 amide bonds. The van der Waals surface area contributed by atoms with Gasteiger partial charge in [-0.3, -0.25) is 11.3 Å². The number of hydrogen-bond donors (Lipinski definition) is 2. The van der Waals surface area contributed by atoms with E-state index in [0.29, 0.717) is 5.56 Å². The molecule has 4 nitrogen and oxygen atoms in total. The van der Waals surface area contributed by atoms with Crippen LogP contribution in [0.4, 0.5) is 4.39 Å². The van der Waals surface area contributed by atoms with Crippen molar-refractivity contribution in [1.82, 2.24) is 5.43 Å². The summed E-state index contributed by atoms with van der Waals surface area (Å²) < 4.78 is 35.8. The Morgan fingerprint density at radius 3 is 2.47 bits per heavy atom. The van der Waals surface area contributed by atoms with Crippen molar-refractivity contribution in [2.45, 2.75) is 31.1 Å². The first-order valence-corrected chi connectivity index (χ1v) is 7.96. The predicted octanol–water partition coefficient (Wildman–Crippen LogP) is 1.68. The fraction of sp³-hybridized carbons (Fsp3) is 0.500. The molecule has 0 saturated carbocycles. The third-order valence-electron chi connectivity index (χ3n) is 3.42. The van der Waals surface area contributed by atoms with Gasteiger partial charge in [-0.25, -0.2) is 12.8 Å². The van der Waals surface area contributed by atoms with Crippen LogP contribution in [0.25, 0.3) is 0 Å². The Kier molecular flexibility index (Phi) is 4.95. The Bertz CT molecular complexity index is 561. The monoisotopic (exact) mass is 308 g/mol. The number of hydrogen-bond acceptors (Lipinski definition) is 4. The third kappa shape index (κ3) is 3.66. The van der Waals surface area contributed by atoms with Crippen LogP contribution in [0.3, 0.4) is 0 Å². The summed E-state index contributed by atoms with van der Waals surface area (Å²) in [6.07, 6.45) is 1.43. The lowest BCUT2D eigenvalue weighted by atomic mass is 9.96. The van der Waals surface area contributed by atoms with Crippen LogP contribution in [-0.2, 0) is 16.3 Å². The second-order valence-corrected chi connectivity index (χ2v) is 8.05. The molecule has 0 aliphatic rings. The molecule has 1 aromatic carbocycles. The summed E-state index contributed by atoms with van der Waals surface area (Å²) in [5.74, 6) is 4.90. The first-order valence-electron chi connectivity index (χ1n) is 5.69. The average Bonchev–Trinajstić information content (AvgIpc) is 2.28. The number of halogens is 2. The quantitative estimate of drug-likeness (QED) is 0.641. The summed E-state index contributed by atoms with van der Waals surface area (Å²) in [7, 11) is -3.31. The van der Waals surface area contributed by atoms with Gasteiger partial charge < -0.3 is 0 Å². The highest BCUT2D eigenvalue weighted by Gasteiger charge is 2.38. The van der Waals surface area contributed by atoms with Gasteiger partial charge in [-0.15, -0.1) is 0 Å². The molecule has 0 fully saturated rings. The molecule has 7 heteroatoms. The number of hydrazine groups is 1. The van der Waals surface area contributed by atoms with Crippen LogP contribution in [0.5, 0.6) is 0 Å². The average molecular weight is 309 g/mol. The van der Waals surface area contributed by atoms with Crippen LogP contribution in [0.15, 0.2) is 18.2 Å². The van der Waals surface area contributed by atoms with Gasteiger partial charge in [-0.1, -0.05) is 17.7 Å². The second-order valence-electron chi connectivity index (χ2n) is 5.05. The van der Waals surface area contributed by atoms with Crippen LogP contribution in [0.1, 0.15) is 19.4 Å². The van der Waals surface area contributed by atoms with E-state index in [2.05, 4.69) is 5.43 Å². The Labute approximate surface area is 118 Å². The van der Waals surface area contributed by atoms with Crippen molar-refractivity contribution in [2.24, 2.45) is 5.84 Å². The van der Waals surface area contributed by atoms with E-state index < -0.39 is 26.4 Å². The first kappa shape index (κ1) is 16.4. The molecule has 0 heterocycles. The molecule has 0 spiro atoms. The van der Waals surface area contributed by atoms with E-state index in [1.165, 1.54) is 12.1 Å². The van der Waals surface area contributed by atoms with Gasteiger partial charge in [0.25, 0.3) is 0 Å². The lowest BCUT2D eigenvalue weighted by molar-refractivity contribution is 0.412. The fourth-order valence-electron chi connectivity index (χ4n) is 1.67. The molecule has 0 aliphatic heterocycles. The predicted molar refractivity (Wildman–Crippen MR) is 75.1 cm³/mol. The van der Waals surface area contributed by atoms with Gasteiger partial charge in [-0.2, -0.15) is 0 Å². The Morgan fingerprint density at radius 2 is 2.05 bits per heavy atom. The van der Waals surface area contributed by atoms with Crippen LogP contribution in [-0.4, -0.2) is 25.5 Å². The van der Waals surface area contributed by atoms with Gasteiger partial charge in [0.1, 0.15) is 5.82 Å². The SMILES string of the molecule is CC(C)(C(Cc1ccc(Cl)c(F)c1)NN)S(C)(=O)=O. The number of nitrogens with two attached hydrogens (primary N) is 1. The molecule has 0 bridgehead atoms. The molecule has 0 saturated heterocycles. The number of benzene rings is 1. The van der Waals surface area contributed by atoms with Gasteiger partial charge >= 0.3 is 0 Å². The van der Waals surface area contributed by atoms with Gasteiger partial charge in [0.2, 0.25) is 0 Å². The standard InChI is InChI=1S/C12H18ClFN2O2S/c1-12(2,19(3,17)18)11(16-15)7-8-4-5-9(13)10(14)6-8/h4-6,11,16H,7,15H2,1-3H3. The van der Waals surface area contributed by atoms with Crippen LogP contribution in [0.2, 0.25) is 5.02 Å². The van der Waals surface area contributed by atoms with Crippen molar-refractivity contribution < 1.29 is 12.8 Å². The van der Waals surface area contributed by atoms with Crippen molar-refractivity contribution in [3.8, 4) is 0 Å². The van der Waals surface area contributed by atoms with E-state index in [0.717, 1.165) is 6.26 Å². The molecule has 0 radical (unpaired) electrons. The molecule has 1 unspecified atom stereocenters. The van der Waals surface area contributed by atoms with Crippen molar-refractivity contribution >= 4 is 21.4 Å². The molecule has 1 rings (SSSR count). The van der Waals surface area contributed by atoms with E-state index in [-0.39, 0.29) is 11.4 Å². The summed E-state index contributed by atoms with van der Waals surface area (Å²) in [5.41, 5.74) is 3.12. The zero-order valence-electron chi connectivity index (χ0n) is 11.1. The topological polar surface area (TPSA) is 72.2 Å². The molecule has 1 aromatic rings. The van der Waals surface area contributed by atoms with E-state index in [9.17, 15) is 12.8 Å². The molecule has 0 aliphatic carbocycles. The highest BCUT2D eigenvalue weighted by molar-refractivity contribution is 7.92. The minimum Gasteiger partial charge on any atom is -0.271 e. The van der Waals surface area contributed by atoms with Gasteiger partial charge in [0.15, 0.2) is 9.84 Å². The third-order valence-corrected chi connectivity index (χ3v) is 5.92. The van der Waals surface area contributed by atoms with Crippen LogP contribution in [0, 0.1) is 5.82 Å². The molecule has 108 valence electrons. The minimum absolute atomic E-state index is 0.0309. The number of sulfone groups is 1. The maximum Gasteiger partial charge on any atom is 0.154 e. The van der Waals surface area contributed by atoms with Gasteiger partial charge in [0.05, 0.1) is 9.77 Å². The second kappa shape index (κ2) is 5.75. The van der Waals surface area contributed by atoms with Crippen molar-refractivity contribution in [2.75, 3.05) is 6.26 Å². The van der Waals surface area contributed by atoms with E-state index in [1.54, 1.807) is 19.9 Å². The zero-order valence-corrected chi connectivity index (χ0v) is 12.6. The van der Waals surface area contributed by atoms with Crippen LogP contribution < -0.4 is 11.3 Å². The maximum atomic E-state index is 13.4. The van der Waals surface area contributed by atoms with Gasteiger partial charge in [-0.05, 0) is 38.0 Å². The molecular formula is C12H18ClFN2O2S. The lowest BCUT2D eigenvalue weighted by Crippen LogP contribution is -2.55. The zero-order chi connectivity index (χ0) is 14.8. The van der Waals surface area contributed by atoms with Crippen molar-refractivity contribution in [3.05, 3.63) is 34.6 Å². The summed E-state index contributed by atoms with van der Waals surface area (Å²) in [6, 6.07) is 3.83. The summed E-state index contributed by atoms with van der Waals surface area (Å²) >= 11 is 5.60. The van der Waals surface area contributed by atoms with Gasteiger partial charge in [0, 0.05) is 12.3 Å². The Balaban J connectivity index is 3.03. The lowest BCUT2D eigenvalue weighted by Gasteiger charge is -2.32. The largest absolute Gasteiger partial charge is 0.271 e. The van der Waals surface area contributed by atoms with E-state index in [1.807, 2.05) is 0 Å². The van der Waals surface area contributed by atoms with Crippen LogP contribution >= 0.6 is 11.6 Å². The summed E-state index contributed by atoms with van der Waals surface area (Å²) in [4.78, 5) is 0. The highest BCUT2D eigenvalue weighted by Crippen LogP contribution is 2.24. The highest BCUT2D eigenvalue weighted by atomic mass is 35.5. The first-order chi connectivity index (χ1) is 8.59. The molecule has 1 atom stereocenters. The summed E-state index contributed by atoms with van der Waals surface area (Å²) in [5, 5.41) is 0.0309. The Morgan fingerprint density at radius 1 is 1.47 bits per heavy atom. The molecule has 19 heavy (non-hydrogen) atoms. The van der Waals surface area contributed by atoms with E-state index in [4.69, 9.17) is 17.4 Å².